The number of hydrogen-bond acceptors (Lipinski definition) is 4. The Kier molecular flexibility index (Phi) is 5.55. The highest BCUT2D eigenvalue weighted by atomic mass is 35.5. The SMILES string of the molecule is O=C(O)C1CC1c1ccc(Sc2ccccc2N2CCOCC2)c(Cl)c1Cl. The minimum atomic E-state index is -0.773. The summed E-state index contributed by atoms with van der Waals surface area (Å²) in [4.78, 5) is 15.4. The zero-order valence-electron chi connectivity index (χ0n) is 14.5. The third-order valence-electron chi connectivity index (χ3n) is 5.02. The van der Waals surface area contributed by atoms with Gasteiger partial charge >= 0.3 is 5.97 Å². The van der Waals surface area contributed by atoms with Gasteiger partial charge in [-0.25, -0.2) is 0 Å². The minimum absolute atomic E-state index is 0.0350. The standard InChI is InChI=1S/C20H19Cl2NO3S/c21-18-12(13-11-14(13)20(24)25)5-6-17(19(18)22)27-16-4-2-1-3-15(16)23-7-9-26-10-8-23/h1-6,13-14H,7-11H2,(H,24,25). The number of morpholine rings is 1. The zero-order valence-corrected chi connectivity index (χ0v) is 16.9. The van der Waals surface area contributed by atoms with Gasteiger partial charge in [-0.3, -0.25) is 4.79 Å². The summed E-state index contributed by atoms with van der Waals surface area (Å²) in [5.41, 5.74) is 2.00. The number of carbonyl (C=O) groups is 1. The number of anilines is 1. The molecule has 0 aromatic heterocycles. The molecule has 1 saturated carbocycles. The molecule has 4 nitrogen and oxygen atoms in total. The molecule has 2 atom stereocenters. The topological polar surface area (TPSA) is 49.8 Å². The summed E-state index contributed by atoms with van der Waals surface area (Å²) in [7, 11) is 0. The van der Waals surface area contributed by atoms with Crippen molar-refractivity contribution in [2.75, 3.05) is 31.2 Å². The molecule has 27 heavy (non-hydrogen) atoms. The fourth-order valence-corrected chi connectivity index (χ4v) is 5.11. The first-order chi connectivity index (χ1) is 13.1. The molecule has 2 aromatic rings. The quantitative estimate of drug-likeness (QED) is 0.718. The van der Waals surface area contributed by atoms with E-state index >= 15 is 0 Å². The van der Waals surface area contributed by atoms with E-state index in [-0.39, 0.29) is 11.8 Å². The Morgan fingerprint density at radius 3 is 2.52 bits per heavy atom. The highest BCUT2D eigenvalue weighted by molar-refractivity contribution is 7.99. The summed E-state index contributed by atoms with van der Waals surface area (Å²) in [5.74, 6) is -1.16. The van der Waals surface area contributed by atoms with Crippen molar-refractivity contribution in [2.24, 2.45) is 5.92 Å². The highest BCUT2D eigenvalue weighted by Crippen LogP contribution is 2.52. The van der Waals surface area contributed by atoms with E-state index < -0.39 is 5.97 Å². The number of rotatable bonds is 5. The van der Waals surface area contributed by atoms with E-state index in [1.165, 1.54) is 0 Å². The molecule has 2 aliphatic rings. The van der Waals surface area contributed by atoms with Crippen molar-refractivity contribution >= 4 is 46.6 Å². The van der Waals surface area contributed by atoms with Crippen molar-refractivity contribution < 1.29 is 14.6 Å². The van der Waals surface area contributed by atoms with Crippen LogP contribution in [-0.4, -0.2) is 37.4 Å². The van der Waals surface area contributed by atoms with Gasteiger partial charge in [-0.1, -0.05) is 53.2 Å². The predicted octanol–water partition coefficient (Wildman–Crippen LogP) is 5.17. The lowest BCUT2D eigenvalue weighted by atomic mass is 10.1. The Morgan fingerprint density at radius 1 is 1.07 bits per heavy atom. The van der Waals surface area contributed by atoms with E-state index in [0.29, 0.717) is 16.5 Å². The molecule has 4 rings (SSSR count). The van der Waals surface area contributed by atoms with Crippen molar-refractivity contribution in [1.82, 2.24) is 0 Å². The molecule has 1 aliphatic heterocycles. The lowest BCUT2D eigenvalue weighted by molar-refractivity contribution is -0.138. The fourth-order valence-electron chi connectivity index (χ4n) is 3.45. The molecule has 0 radical (unpaired) electrons. The summed E-state index contributed by atoms with van der Waals surface area (Å²) < 4.78 is 5.45. The van der Waals surface area contributed by atoms with Crippen LogP contribution in [0.5, 0.6) is 0 Å². The predicted molar refractivity (Wildman–Crippen MR) is 109 cm³/mol. The number of carboxylic acid groups (broad SMARTS) is 1. The number of carboxylic acids is 1. The maximum absolute atomic E-state index is 11.1. The van der Waals surface area contributed by atoms with Crippen LogP contribution in [0.2, 0.25) is 10.0 Å². The maximum Gasteiger partial charge on any atom is 0.307 e. The third-order valence-corrected chi connectivity index (χ3v) is 7.15. The van der Waals surface area contributed by atoms with Crippen molar-refractivity contribution in [1.29, 1.82) is 0 Å². The molecular weight excluding hydrogens is 405 g/mol. The second-order valence-electron chi connectivity index (χ2n) is 6.74. The van der Waals surface area contributed by atoms with Gasteiger partial charge in [0.15, 0.2) is 0 Å². The normalized spacial score (nSPS) is 21.9. The molecule has 1 heterocycles. The van der Waals surface area contributed by atoms with Crippen LogP contribution in [0.15, 0.2) is 46.2 Å². The van der Waals surface area contributed by atoms with E-state index in [9.17, 15) is 4.79 Å². The lowest BCUT2D eigenvalue weighted by Gasteiger charge is -2.30. The average Bonchev–Trinajstić information content (AvgIpc) is 3.48. The molecule has 2 unspecified atom stereocenters. The van der Waals surface area contributed by atoms with Crippen LogP contribution in [0.1, 0.15) is 17.9 Å². The third kappa shape index (κ3) is 3.92. The van der Waals surface area contributed by atoms with Crippen LogP contribution < -0.4 is 4.90 Å². The van der Waals surface area contributed by atoms with E-state index in [0.717, 1.165) is 47.3 Å². The van der Waals surface area contributed by atoms with E-state index in [2.05, 4.69) is 17.0 Å². The van der Waals surface area contributed by atoms with Crippen LogP contribution in [0.3, 0.4) is 0 Å². The number of aliphatic carboxylic acids is 1. The zero-order chi connectivity index (χ0) is 19.0. The van der Waals surface area contributed by atoms with Crippen LogP contribution in [0.4, 0.5) is 5.69 Å². The largest absolute Gasteiger partial charge is 0.481 e. The molecular formula is C20H19Cl2NO3S. The van der Waals surface area contributed by atoms with Crippen LogP contribution >= 0.6 is 35.0 Å². The number of ether oxygens (including phenoxy) is 1. The molecule has 1 aliphatic carbocycles. The summed E-state index contributed by atoms with van der Waals surface area (Å²) in [6, 6.07) is 12.1. The number of halogens is 2. The Labute approximate surface area is 172 Å². The molecule has 7 heteroatoms. The Hall–Kier alpha value is -1.40. The summed E-state index contributed by atoms with van der Waals surface area (Å²) in [6.07, 6.45) is 0.623. The summed E-state index contributed by atoms with van der Waals surface area (Å²) in [5, 5.41) is 10.1. The Balaban J connectivity index is 1.59. The van der Waals surface area contributed by atoms with Gasteiger partial charge in [0.2, 0.25) is 0 Å². The van der Waals surface area contributed by atoms with E-state index in [1.807, 2.05) is 24.3 Å². The molecule has 0 bridgehead atoms. The Morgan fingerprint density at radius 2 is 1.81 bits per heavy atom. The number of benzene rings is 2. The van der Waals surface area contributed by atoms with Crippen molar-refractivity contribution in [3.05, 3.63) is 52.0 Å². The molecule has 0 spiro atoms. The smallest absolute Gasteiger partial charge is 0.307 e. The second kappa shape index (κ2) is 7.92. The van der Waals surface area contributed by atoms with Crippen molar-refractivity contribution in [3.8, 4) is 0 Å². The first-order valence-electron chi connectivity index (χ1n) is 8.86. The minimum Gasteiger partial charge on any atom is -0.481 e. The monoisotopic (exact) mass is 423 g/mol. The summed E-state index contributed by atoms with van der Waals surface area (Å²) in [6.45, 7) is 3.19. The molecule has 1 saturated heterocycles. The molecule has 2 fully saturated rings. The average molecular weight is 424 g/mol. The number of para-hydroxylation sites is 1. The molecule has 2 aromatic carbocycles. The second-order valence-corrected chi connectivity index (χ2v) is 8.58. The van der Waals surface area contributed by atoms with Crippen molar-refractivity contribution in [2.45, 2.75) is 22.1 Å². The van der Waals surface area contributed by atoms with Gasteiger partial charge in [0.1, 0.15) is 0 Å². The highest BCUT2D eigenvalue weighted by Gasteiger charge is 2.45. The van der Waals surface area contributed by atoms with Gasteiger partial charge in [0, 0.05) is 22.9 Å². The van der Waals surface area contributed by atoms with Crippen LogP contribution in [-0.2, 0) is 9.53 Å². The molecule has 1 N–H and O–H groups in total. The summed E-state index contributed by atoms with van der Waals surface area (Å²) >= 11 is 14.6. The van der Waals surface area contributed by atoms with Gasteiger partial charge in [0.25, 0.3) is 0 Å². The molecule has 0 amide bonds. The van der Waals surface area contributed by atoms with E-state index in [4.69, 9.17) is 33.0 Å². The maximum atomic E-state index is 11.1. The van der Waals surface area contributed by atoms with Crippen LogP contribution in [0, 0.1) is 5.92 Å². The van der Waals surface area contributed by atoms with Gasteiger partial charge in [0.05, 0.1) is 34.9 Å². The first-order valence-corrected chi connectivity index (χ1v) is 10.4. The lowest BCUT2D eigenvalue weighted by Crippen LogP contribution is -2.36. The first kappa shape index (κ1) is 18.9. The number of nitrogens with zero attached hydrogens (tertiary/aromatic N) is 1. The van der Waals surface area contributed by atoms with Gasteiger partial charge in [-0.2, -0.15) is 0 Å². The molecule has 142 valence electrons. The van der Waals surface area contributed by atoms with E-state index in [1.54, 1.807) is 11.8 Å². The van der Waals surface area contributed by atoms with Gasteiger partial charge < -0.3 is 14.7 Å². The van der Waals surface area contributed by atoms with Crippen molar-refractivity contribution in [3.63, 3.8) is 0 Å². The number of hydrogen-bond donors (Lipinski definition) is 1. The fraction of sp³-hybridized carbons (Fsp3) is 0.350. The Bertz CT molecular complexity index is 870. The van der Waals surface area contributed by atoms with Gasteiger partial charge in [-0.15, -0.1) is 0 Å². The van der Waals surface area contributed by atoms with Crippen LogP contribution in [0.25, 0.3) is 0 Å². The van der Waals surface area contributed by atoms with Gasteiger partial charge in [-0.05, 0) is 36.1 Å².